The van der Waals surface area contributed by atoms with Crippen molar-refractivity contribution < 1.29 is 19.4 Å². The van der Waals surface area contributed by atoms with Gasteiger partial charge in [0.1, 0.15) is 11.8 Å². The molecule has 0 amide bonds. The number of aliphatic hydroxyl groups is 1. The number of carbonyl (C=O) groups is 1. The molecule has 0 spiro atoms. The SMILES string of the molecule is COC(=O)C(NCC(O)c1cc(C)ccc1OC)C(C)C. The van der Waals surface area contributed by atoms with E-state index in [0.29, 0.717) is 11.3 Å². The minimum absolute atomic E-state index is 0.0732. The highest BCUT2D eigenvalue weighted by Crippen LogP contribution is 2.26. The second-order valence-electron chi connectivity index (χ2n) is 5.41. The zero-order valence-corrected chi connectivity index (χ0v) is 13.3. The van der Waals surface area contributed by atoms with Crippen LogP contribution in [-0.4, -0.2) is 37.9 Å². The molecule has 1 rings (SSSR count). The van der Waals surface area contributed by atoms with E-state index in [2.05, 4.69) is 5.32 Å². The van der Waals surface area contributed by atoms with Gasteiger partial charge in [-0.25, -0.2) is 0 Å². The first-order valence-corrected chi connectivity index (χ1v) is 7.04. The van der Waals surface area contributed by atoms with Gasteiger partial charge in [0.2, 0.25) is 0 Å². The van der Waals surface area contributed by atoms with Gasteiger partial charge in [-0.15, -0.1) is 0 Å². The number of carbonyl (C=O) groups excluding carboxylic acids is 1. The lowest BCUT2D eigenvalue weighted by Gasteiger charge is -2.22. The van der Waals surface area contributed by atoms with Crippen LogP contribution in [0.4, 0.5) is 0 Å². The monoisotopic (exact) mass is 295 g/mol. The number of benzene rings is 1. The van der Waals surface area contributed by atoms with Crippen LogP contribution < -0.4 is 10.1 Å². The Labute approximate surface area is 126 Å². The number of aliphatic hydroxyl groups excluding tert-OH is 1. The van der Waals surface area contributed by atoms with Crippen LogP contribution in [0.2, 0.25) is 0 Å². The highest BCUT2D eigenvalue weighted by Gasteiger charge is 2.24. The maximum Gasteiger partial charge on any atom is 0.323 e. The van der Waals surface area contributed by atoms with E-state index in [1.165, 1.54) is 7.11 Å². The summed E-state index contributed by atoms with van der Waals surface area (Å²) < 4.78 is 10.0. The molecule has 1 aromatic rings. The fourth-order valence-electron chi connectivity index (χ4n) is 2.18. The van der Waals surface area contributed by atoms with Gasteiger partial charge in [-0.1, -0.05) is 25.5 Å². The summed E-state index contributed by atoms with van der Waals surface area (Å²) in [6, 6.07) is 5.19. The molecule has 0 radical (unpaired) electrons. The summed E-state index contributed by atoms with van der Waals surface area (Å²) in [5.41, 5.74) is 1.75. The quantitative estimate of drug-likeness (QED) is 0.751. The summed E-state index contributed by atoms with van der Waals surface area (Å²) in [7, 11) is 2.93. The van der Waals surface area contributed by atoms with Gasteiger partial charge < -0.3 is 19.9 Å². The smallest absolute Gasteiger partial charge is 0.323 e. The highest BCUT2D eigenvalue weighted by molar-refractivity contribution is 5.75. The molecule has 0 aliphatic rings. The van der Waals surface area contributed by atoms with Crippen molar-refractivity contribution in [3.63, 3.8) is 0 Å². The lowest BCUT2D eigenvalue weighted by atomic mass is 10.0. The molecule has 0 bridgehead atoms. The number of aryl methyl sites for hydroxylation is 1. The zero-order chi connectivity index (χ0) is 16.0. The maximum absolute atomic E-state index is 11.7. The van der Waals surface area contributed by atoms with Crippen LogP contribution in [0.25, 0.3) is 0 Å². The van der Waals surface area contributed by atoms with E-state index < -0.39 is 12.1 Å². The number of esters is 1. The first-order valence-electron chi connectivity index (χ1n) is 7.04. The topological polar surface area (TPSA) is 67.8 Å². The molecule has 0 aromatic heterocycles. The Balaban J connectivity index is 2.79. The van der Waals surface area contributed by atoms with Crippen molar-refractivity contribution in [1.29, 1.82) is 0 Å². The van der Waals surface area contributed by atoms with Gasteiger partial charge in [0, 0.05) is 12.1 Å². The van der Waals surface area contributed by atoms with Crippen LogP contribution in [0, 0.1) is 12.8 Å². The Morgan fingerprint density at radius 1 is 1.33 bits per heavy atom. The molecule has 5 heteroatoms. The van der Waals surface area contributed by atoms with Crippen LogP contribution in [0.15, 0.2) is 18.2 Å². The summed E-state index contributed by atoms with van der Waals surface area (Å²) in [5.74, 6) is 0.381. The molecule has 2 atom stereocenters. The average molecular weight is 295 g/mol. The van der Waals surface area contributed by atoms with Crippen molar-refractivity contribution in [3.05, 3.63) is 29.3 Å². The molecule has 21 heavy (non-hydrogen) atoms. The molecule has 0 saturated carbocycles. The fraction of sp³-hybridized carbons (Fsp3) is 0.562. The van der Waals surface area contributed by atoms with Crippen LogP contribution in [0.3, 0.4) is 0 Å². The Morgan fingerprint density at radius 2 is 2.00 bits per heavy atom. The highest BCUT2D eigenvalue weighted by atomic mass is 16.5. The Morgan fingerprint density at radius 3 is 2.52 bits per heavy atom. The normalized spacial score (nSPS) is 13.9. The molecule has 0 aliphatic heterocycles. The van der Waals surface area contributed by atoms with Crippen LogP contribution in [-0.2, 0) is 9.53 Å². The van der Waals surface area contributed by atoms with Crippen molar-refractivity contribution in [2.75, 3.05) is 20.8 Å². The predicted molar refractivity (Wildman–Crippen MR) is 81.3 cm³/mol. The van der Waals surface area contributed by atoms with E-state index in [1.54, 1.807) is 7.11 Å². The number of hydrogen-bond donors (Lipinski definition) is 2. The number of ether oxygens (including phenoxy) is 2. The molecular formula is C16H25NO4. The molecule has 2 N–H and O–H groups in total. The van der Waals surface area contributed by atoms with Crippen LogP contribution in [0.1, 0.15) is 31.1 Å². The molecule has 5 nitrogen and oxygen atoms in total. The fourth-order valence-corrected chi connectivity index (χ4v) is 2.18. The number of hydrogen-bond acceptors (Lipinski definition) is 5. The summed E-state index contributed by atoms with van der Waals surface area (Å²) in [6.07, 6.45) is -0.759. The van der Waals surface area contributed by atoms with Crippen molar-refractivity contribution in [3.8, 4) is 5.75 Å². The Bertz CT molecular complexity index is 473. The molecule has 0 aliphatic carbocycles. The van der Waals surface area contributed by atoms with Crippen LogP contribution in [0.5, 0.6) is 5.75 Å². The van der Waals surface area contributed by atoms with Gasteiger partial charge in [0.15, 0.2) is 0 Å². The summed E-state index contributed by atoms with van der Waals surface area (Å²) >= 11 is 0. The summed E-state index contributed by atoms with van der Waals surface area (Å²) in [4.78, 5) is 11.7. The van der Waals surface area contributed by atoms with E-state index in [1.807, 2.05) is 39.0 Å². The first-order chi connectivity index (χ1) is 9.90. The molecule has 0 fully saturated rings. The van der Waals surface area contributed by atoms with Gasteiger partial charge in [-0.05, 0) is 25.0 Å². The minimum Gasteiger partial charge on any atom is -0.496 e. The molecule has 0 saturated heterocycles. The third kappa shape index (κ3) is 4.72. The van der Waals surface area contributed by atoms with Crippen molar-refractivity contribution in [1.82, 2.24) is 5.32 Å². The molecular weight excluding hydrogens is 270 g/mol. The third-order valence-corrected chi connectivity index (χ3v) is 3.40. The zero-order valence-electron chi connectivity index (χ0n) is 13.3. The van der Waals surface area contributed by atoms with E-state index in [-0.39, 0.29) is 18.4 Å². The Kier molecular flexibility index (Phi) is 6.65. The van der Waals surface area contributed by atoms with Gasteiger partial charge in [0.05, 0.1) is 20.3 Å². The molecule has 0 heterocycles. The number of nitrogens with one attached hydrogen (secondary N) is 1. The second-order valence-corrected chi connectivity index (χ2v) is 5.41. The van der Waals surface area contributed by atoms with E-state index in [0.717, 1.165) is 5.56 Å². The standard InChI is InChI=1S/C16H25NO4/c1-10(2)15(16(19)21-5)17-9-13(18)12-8-11(3)6-7-14(12)20-4/h6-8,10,13,15,17-18H,9H2,1-5H3. The lowest BCUT2D eigenvalue weighted by molar-refractivity contribution is -0.144. The van der Waals surface area contributed by atoms with Gasteiger partial charge >= 0.3 is 5.97 Å². The third-order valence-electron chi connectivity index (χ3n) is 3.40. The maximum atomic E-state index is 11.7. The lowest BCUT2D eigenvalue weighted by Crippen LogP contribution is -2.43. The molecule has 118 valence electrons. The largest absolute Gasteiger partial charge is 0.496 e. The van der Waals surface area contributed by atoms with E-state index in [9.17, 15) is 9.90 Å². The van der Waals surface area contributed by atoms with Crippen molar-refractivity contribution >= 4 is 5.97 Å². The van der Waals surface area contributed by atoms with Crippen molar-refractivity contribution in [2.45, 2.75) is 32.9 Å². The number of rotatable bonds is 7. The predicted octanol–water partition coefficient (Wildman–Crippen LogP) is 1.82. The summed E-state index contributed by atoms with van der Waals surface area (Å²) in [5, 5.41) is 13.4. The molecule has 2 unspecified atom stereocenters. The average Bonchev–Trinajstić information content (AvgIpc) is 2.46. The number of methoxy groups -OCH3 is 2. The minimum atomic E-state index is -0.759. The van der Waals surface area contributed by atoms with Crippen molar-refractivity contribution in [2.24, 2.45) is 5.92 Å². The second kappa shape index (κ2) is 8.00. The van der Waals surface area contributed by atoms with Gasteiger partial charge in [-0.2, -0.15) is 0 Å². The van der Waals surface area contributed by atoms with Gasteiger partial charge in [-0.3, -0.25) is 4.79 Å². The van der Waals surface area contributed by atoms with E-state index in [4.69, 9.17) is 9.47 Å². The summed E-state index contributed by atoms with van der Waals surface area (Å²) in [6.45, 7) is 6.05. The van der Waals surface area contributed by atoms with Crippen LogP contribution >= 0.6 is 0 Å². The van der Waals surface area contributed by atoms with Gasteiger partial charge in [0.25, 0.3) is 0 Å². The Hall–Kier alpha value is -1.59. The molecule has 1 aromatic carbocycles. The van der Waals surface area contributed by atoms with E-state index >= 15 is 0 Å². The first kappa shape index (κ1) is 17.5.